The van der Waals surface area contributed by atoms with Gasteiger partial charge in [0.15, 0.2) is 0 Å². The summed E-state index contributed by atoms with van der Waals surface area (Å²) in [4.78, 5) is 2.40. The molecule has 0 aliphatic carbocycles. The molecule has 1 saturated heterocycles. The lowest BCUT2D eigenvalue weighted by atomic mass is 10.1. The standard InChI is InChI=1S/C18H21FN2/c1-14-8-9-16(19)15(12-14)13-20-17-6-2-3-7-18(17)21-10-4-5-11-21/h2-3,6-9,12,20H,4-5,10-11,13H2,1H3. The minimum Gasteiger partial charge on any atom is -0.379 e. The highest BCUT2D eigenvalue weighted by atomic mass is 19.1. The number of hydrogen-bond acceptors (Lipinski definition) is 2. The Bertz CT molecular complexity index is 618. The number of para-hydroxylation sites is 2. The average Bonchev–Trinajstić information content (AvgIpc) is 3.03. The quantitative estimate of drug-likeness (QED) is 0.898. The van der Waals surface area contributed by atoms with Gasteiger partial charge >= 0.3 is 0 Å². The Labute approximate surface area is 125 Å². The van der Waals surface area contributed by atoms with Crippen molar-refractivity contribution in [3.63, 3.8) is 0 Å². The average molecular weight is 284 g/mol. The minimum absolute atomic E-state index is 0.147. The summed E-state index contributed by atoms with van der Waals surface area (Å²) in [5, 5.41) is 3.39. The smallest absolute Gasteiger partial charge is 0.128 e. The van der Waals surface area contributed by atoms with Crippen molar-refractivity contribution >= 4 is 11.4 Å². The van der Waals surface area contributed by atoms with Crippen LogP contribution in [-0.4, -0.2) is 13.1 Å². The summed E-state index contributed by atoms with van der Waals surface area (Å²) in [6.07, 6.45) is 2.50. The van der Waals surface area contributed by atoms with Crippen LogP contribution in [0.5, 0.6) is 0 Å². The van der Waals surface area contributed by atoms with Crippen molar-refractivity contribution in [2.45, 2.75) is 26.3 Å². The van der Waals surface area contributed by atoms with Gasteiger partial charge in [0.2, 0.25) is 0 Å². The van der Waals surface area contributed by atoms with Crippen LogP contribution in [0.25, 0.3) is 0 Å². The molecule has 2 aromatic carbocycles. The molecular weight excluding hydrogens is 263 g/mol. The van der Waals surface area contributed by atoms with Crippen molar-refractivity contribution in [2.24, 2.45) is 0 Å². The fourth-order valence-electron chi connectivity index (χ4n) is 2.89. The lowest BCUT2D eigenvalue weighted by Crippen LogP contribution is -2.19. The Balaban J connectivity index is 1.77. The number of halogens is 1. The van der Waals surface area contributed by atoms with Crippen LogP contribution in [0, 0.1) is 12.7 Å². The summed E-state index contributed by atoms with van der Waals surface area (Å²) in [5.41, 5.74) is 4.11. The first kappa shape index (κ1) is 13.9. The van der Waals surface area contributed by atoms with E-state index in [0.717, 1.165) is 24.3 Å². The van der Waals surface area contributed by atoms with Gasteiger partial charge in [-0.3, -0.25) is 0 Å². The van der Waals surface area contributed by atoms with Crippen molar-refractivity contribution in [3.8, 4) is 0 Å². The highest BCUT2D eigenvalue weighted by Gasteiger charge is 2.15. The first-order valence-corrected chi connectivity index (χ1v) is 7.57. The van der Waals surface area contributed by atoms with Crippen molar-refractivity contribution < 1.29 is 4.39 Å². The van der Waals surface area contributed by atoms with Gasteiger partial charge in [-0.25, -0.2) is 4.39 Å². The summed E-state index contributed by atoms with van der Waals surface area (Å²) >= 11 is 0. The van der Waals surface area contributed by atoms with E-state index in [-0.39, 0.29) is 5.82 Å². The van der Waals surface area contributed by atoms with Crippen molar-refractivity contribution in [1.82, 2.24) is 0 Å². The van der Waals surface area contributed by atoms with E-state index in [0.29, 0.717) is 12.1 Å². The third-order valence-electron chi connectivity index (χ3n) is 4.02. The Morgan fingerprint density at radius 2 is 1.86 bits per heavy atom. The van der Waals surface area contributed by atoms with E-state index in [9.17, 15) is 4.39 Å². The molecule has 0 unspecified atom stereocenters. The van der Waals surface area contributed by atoms with E-state index in [1.807, 2.05) is 19.1 Å². The van der Waals surface area contributed by atoms with E-state index < -0.39 is 0 Å². The molecule has 0 aromatic heterocycles. The highest BCUT2D eigenvalue weighted by molar-refractivity contribution is 5.70. The van der Waals surface area contributed by atoms with Crippen LogP contribution >= 0.6 is 0 Å². The summed E-state index contributed by atoms with van der Waals surface area (Å²) in [6.45, 7) is 4.72. The van der Waals surface area contributed by atoms with Gasteiger partial charge in [-0.1, -0.05) is 29.8 Å². The molecule has 1 heterocycles. The molecule has 0 bridgehead atoms. The normalized spacial score (nSPS) is 14.5. The number of anilines is 2. The molecule has 0 spiro atoms. The summed E-state index contributed by atoms with van der Waals surface area (Å²) in [6, 6.07) is 13.5. The Hall–Kier alpha value is -2.03. The van der Waals surface area contributed by atoms with Crippen molar-refractivity contribution in [2.75, 3.05) is 23.3 Å². The third-order valence-corrected chi connectivity index (χ3v) is 4.02. The largest absolute Gasteiger partial charge is 0.379 e. The molecule has 0 atom stereocenters. The molecule has 2 aromatic rings. The molecule has 1 aliphatic heterocycles. The predicted molar refractivity (Wildman–Crippen MR) is 86.4 cm³/mol. The van der Waals surface area contributed by atoms with Crippen molar-refractivity contribution in [3.05, 3.63) is 59.4 Å². The van der Waals surface area contributed by atoms with E-state index in [4.69, 9.17) is 0 Å². The second-order valence-electron chi connectivity index (χ2n) is 5.66. The number of hydrogen-bond donors (Lipinski definition) is 1. The SMILES string of the molecule is Cc1ccc(F)c(CNc2ccccc2N2CCCC2)c1. The van der Waals surface area contributed by atoms with Gasteiger partial charge in [0.05, 0.1) is 11.4 Å². The molecular formula is C18H21FN2. The lowest BCUT2D eigenvalue weighted by Gasteiger charge is -2.22. The van der Waals surface area contributed by atoms with E-state index >= 15 is 0 Å². The summed E-state index contributed by atoms with van der Waals surface area (Å²) < 4.78 is 13.8. The maximum Gasteiger partial charge on any atom is 0.128 e. The van der Waals surface area contributed by atoms with Gasteiger partial charge < -0.3 is 10.2 Å². The van der Waals surface area contributed by atoms with Gasteiger partial charge in [-0.15, -0.1) is 0 Å². The maximum absolute atomic E-state index is 13.8. The fraction of sp³-hybridized carbons (Fsp3) is 0.333. The molecule has 0 radical (unpaired) electrons. The number of rotatable bonds is 4. The number of nitrogens with one attached hydrogen (secondary N) is 1. The van der Waals surface area contributed by atoms with Crippen LogP contribution in [0.2, 0.25) is 0 Å². The molecule has 1 N–H and O–H groups in total. The van der Waals surface area contributed by atoms with Crippen LogP contribution in [0.1, 0.15) is 24.0 Å². The highest BCUT2D eigenvalue weighted by Crippen LogP contribution is 2.29. The maximum atomic E-state index is 13.8. The Morgan fingerprint density at radius 3 is 2.67 bits per heavy atom. The van der Waals surface area contributed by atoms with Gasteiger partial charge in [-0.05, 0) is 38.0 Å². The van der Waals surface area contributed by atoms with Gasteiger partial charge in [-0.2, -0.15) is 0 Å². The number of nitrogens with zero attached hydrogens (tertiary/aromatic N) is 1. The predicted octanol–water partition coefficient (Wildman–Crippen LogP) is 4.35. The molecule has 3 heteroatoms. The minimum atomic E-state index is -0.147. The van der Waals surface area contributed by atoms with Gasteiger partial charge in [0, 0.05) is 25.2 Å². The number of aryl methyl sites for hydroxylation is 1. The second-order valence-corrected chi connectivity index (χ2v) is 5.66. The van der Waals surface area contributed by atoms with Crippen LogP contribution < -0.4 is 10.2 Å². The van der Waals surface area contributed by atoms with E-state index in [1.54, 1.807) is 12.1 Å². The molecule has 3 rings (SSSR count). The first-order chi connectivity index (χ1) is 10.2. The van der Waals surface area contributed by atoms with Gasteiger partial charge in [0.25, 0.3) is 0 Å². The first-order valence-electron chi connectivity index (χ1n) is 7.57. The zero-order valence-corrected chi connectivity index (χ0v) is 12.4. The lowest BCUT2D eigenvalue weighted by molar-refractivity contribution is 0.612. The summed E-state index contributed by atoms with van der Waals surface area (Å²) in [7, 11) is 0. The Kier molecular flexibility index (Phi) is 4.09. The monoisotopic (exact) mass is 284 g/mol. The van der Waals surface area contributed by atoms with Crippen LogP contribution in [0.4, 0.5) is 15.8 Å². The summed E-state index contributed by atoms with van der Waals surface area (Å²) in [5.74, 6) is -0.147. The zero-order chi connectivity index (χ0) is 14.7. The molecule has 1 aliphatic rings. The van der Waals surface area contributed by atoms with Crippen molar-refractivity contribution in [1.29, 1.82) is 0 Å². The van der Waals surface area contributed by atoms with Gasteiger partial charge in [0.1, 0.15) is 5.82 Å². The molecule has 1 fully saturated rings. The molecule has 0 saturated carbocycles. The number of benzene rings is 2. The molecule has 0 amide bonds. The Morgan fingerprint density at radius 1 is 1.10 bits per heavy atom. The van der Waals surface area contributed by atoms with Crippen LogP contribution in [0.15, 0.2) is 42.5 Å². The van der Waals surface area contributed by atoms with Crippen LogP contribution in [-0.2, 0) is 6.54 Å². The zero-order valence-electron chi connectivity index (χ0n) is 12.4. The van der Waals surface area contributed by atoms with E-state index in [2.05, 4.69) is 28.4 Å². The van der Waals surface area contributed by atoms with Crippen LogP contribution in [0.3, 0.4) is 0 Å². The fourth-order valence-corrected chi connectivity index (χ4v) is 2.89. The topological polar surface area (TPSA) is 15.3 Å². The third kappa shape index (κ3) is 3.18. The molecule has 21 heavy (non-hydrogen) atoms. The second kappa shape index (κ2) is 6.17. The van der Waals surface area contributed by atoms with E-state index in [1.165, 1.54) is 18.5 Å². The molecule has 2 nitrogen and oxygen atoms in total. The molecule has 110 valence electrons.